The van der Waals surface area contributed by atoms with E-state index >= 15 is 0 Å². The molecule has 9 nitrogen and oxygen atoms in total. The predicted octanol–water partition coefficient (Wildman–Crippen LogP) is 3.42. The van der Waals surface area contributed by atoms with Gasteiger partial charge in [0.15, 0.2) is 5.65 Å². The molecule has 1 saturated carbocycles. The largest absolute Gasteiger partial charge is 0.522 e. The number of carbonyl (C=O) groups is 1. The molecular weight excluding hydrogens is 441 g/mol. The highest BCUT2D eigenvalue weighted by atomic mass is 35.5. The third-order valence-electron chi connectivity index (χ3n) is 4.68. The van der Waals surface area contributed by atoms with Gasteiger partial charge in [0.25, 0.3) is 5.91 Å². The minimum Gasteiger partial charge on any atom is -0.425 e. The van der Waals surface area contributed by atoms with Crippen molar-refractivity contribution in [1.29, 1.82) is 0 Å². The third kappa shape index (κ3) is 5.20. The summed E-state index contributed by atoms with van der Waals surface area (Å²) >= 11 is 5.86. The first-order valence-corrected chi connectivity index (χ1v) is 9.61. The number of hydrogen-bond donors (Lipinski definition) is 1. The van der Waals surface area contributed by atoms with Gasteiger partial charge in [-0.1, -0.05) is 18.2 Å². The summed E-state index contributed by atoms with van der Waals surface area (Å²) in [6, 6.07) is 1.58. The van der Waals surface area contributed by atoms with Gasteiger partial charge in [0.1, 0.15) is 5.69 Å². The van der Waals surface area contributed by atoms with Crippen LogP contribution < -0.4 is 5.32 Å². The van der Waals surface area contributed by atoms with E-state index in [2.05, 4.69) is 36.9 Å². The van der Waals surface area contributed by atoms with Crippen molar-refractivity contribution in [2.45, 2.75) is 44.1 Å². The van der Waals surface area contributed by atoms with Crippen LogP contribution in [-0.2, 0) is 11.2 Å². The summed E-state index contributed by atoms with van der Waals surface area (Å²) in [5.41, 5.74) is 0.993. The topological polar surface area (TPSA) is 107 Å². The number of aromatic nitrogens is 5. The van der Waals surface area contributed by atoms with E-state index in [1.165, 1.54) is 16.9 Å². The van der Waals surface area contributed by atoms with E-state index in [9.17, 15) is 18.0 Å². The van der Waals surface area contributed by atoms with Gasteiger partial charge in [-0.3, -0.25) is 9.53 Å². The summed E-state index contributed by atoms with van der Waals surface area (Å²) < 4.78 is 47.4. The summed E-state index contributed by atoms with van der Waals surface area (Å²) in [4.78, 5) is 16.5. The van der Waals surface area contributed by atoms with E-state index in [0.717, 1.165) is 0 Å². The molecule has 3 aromatic heterocycles. The van der Waals surface area contributed by atoms with Crippen LogP contribution in [0.4, 0.5) is 13.2 Å². The first-order valence-electron chi connectivity index (χ1n) is 9.23. The molecule has 3 heterocycles. The first-order chi connectivity index (χ1) is 14.7. The normalized spacial score (nSPS) is 18.7. The molecule has 0 atom stereocenters. The number of fused-ring (bicyclic) bond motifs is 1. The smallest absolute Gasteiger partial charge is 0.425 e. The highest BCUT2D eigenvalue weighted by Crippen LogP contribution is 2.40. The molecular formula is C18H16ClF3N6O3. The predicted molar refractivity (Wildman–Crippen MR) is 100 cm³/mol. The molecule has 1 aliphatic carbocycles. The number of hydrogen-bond acceptors (Lipinski definition) is 7. The maximum atomic E-state index is 12.3. The van der Waals surface area contributed by atoms with E-state index in [1.807, 2.05) is 0 Å². The summed E-state index contributed by atoms with van der Waals surface area (Å²) in [5.74, 6) is -0.128. The molecule has 0 aliphatic heterocycles. The molecule has 0 aromatic carbocycles. The molecule has 13 heteroatoms. The number of allylic oxidation sites excluding steroid dienone is 1. The minimum absolute atomic E-state index is 0.150. The molecule has 0 unspecified atom stereocenters. The van der Waals surface area contributed by atoms with Crippen LogP contribution >= 0.6 is 11.6 Å². The van der Waals surface area contributed by atoms with Crippen molar-refractivity contribution in [2.24, 2.45) is 0 Å². The zero-order valence-corrected chi connectivity index (χ0v) is 16.7. The van der Waals surface area contributed by atoms with Crippen LogP contribution in [0, 0.1) is 0 Å². The van der Waals surface area contributed by atoms with Crippen LogP contribution in [-0.4, -0.2) is 43.2 Å². The first kappa shape index (κ1) is 21.2. The number of alkyl halides is 3. The van der Waals surface area contributed by atoms with Crippen molar-refractivity contribution in [2.75, 3.05) is 0 Å². The fraction of sp³-hybridized carbons (Fsp3) is 0.389. The van der Waals surface area contributed by atoms with E-state index < -0.39 is 18.4 Å². The fourth-order valence-corrected chi connectivity index (χ4v) is 3.23. The number of nitrogens with zero attached hydrogens (tertiary/aromatic N) is 5. The number of aryl methyl sites for hydroxylation is 1. The summed E-state index contributed by atoms with van der Waals surface area (Å²) in [6.07, 6.45) is -1.66. The van der Waals surface area contributed by atoms with Crippen LogP contribution in [0.5, 0.6) is 0 Å². The van der Waals surface area contributed by atoms with Crippen LogP contribution in [0.15, 0.2) is 35.2 Å². The highest BCUT2D eigenvalue weighted by molar-refractivity contribution is 6.30. The van der Waals surface area contributed by atoms with Crippen LogP contribution in [0.25, 0.3) is 5.65 Å². The Morgan fingerprint density at radius 2 is 2.16 bits per heavy atom. The second-order valence-corrected chi connectivity index (χ2v) is 7.48. The molecule has 0 saturated heterocycles. The highest BCUT2D eigenvalue weighted by Gasteiger charge is 2.42. The molecule has 4 rings (SSSR count). The van der Waals surface area contributed by atoms with Crippen LogP contribution in [0.1, 0.15) is 47.5 Å². The Hall–Kier alpha value is -2.99. The van der Waals surface area contributed by atoms with E-state index in [-0.39, 0.29) is 30.3 Å². The quantitative estimate of drug-likeness (QED) is 0.580. The molecule has 1 aliphatic rings. The van der Waals surface area contributed by atoms with Gasteiger partial charge in [0, 0.05) is 24.1 Å². The minimum atomic E-state index is -4.65. The van der Waals surface area contributed by atoms with E-state index in [1.54, 1.807) is 6.07 Å². The Morgan fingerprint density at radius 1 is 1.39 bits per heavy atom. The van der Waals surface area contributed by atoms with Gasteiger partial charge in [0.05, 0.1) is 23.5 Å². The number of nitrogens with one attached hydrogen (secondary N) is 1. The maximum Gasteiger partial charge on any atom is 0.522 e. The van der Waals surface area contributed by atoms with Gasteiger partial charge in [0.2, 0.25) is 11.8 Å². The van der Waals surface area contributed by atoms with Gasteiger partial charge in [-0.2, -0.15) is 5.10 Å². The number of imidazole rings is 1. The van der Waals surface area contributed by atoms with Crippen LogP contribution in [0.3, 0.4) is 0 Å². The molecule has 31 heavy (non-hydrogen) atoms. The lowest BCUT2D eigenvalue weighted by Crippen LogP contribution is -2.34. The lowest BCUT2D eigenvalue weighted by molar-refractivity contribution is -0.352. The van der Waals surface area contributed by atoms with Crippen molar-refractivity contribution in [3.63, 3.8) is 0 Å². The average Bonchev–Trinajstić information content (AvgIpc) is 3.28. The summed E-state index contributed by atoms with van der Waals surface area (Å²) in [6.45, 7) is 3.80. The second kappa shape index (κ2) is 8.27. The van der Waals surface area contributed by atoms with Gasteiger partial charge < -0.3 is 9.73 Å². The van der Waals surface area contributed by atoms with Gasteiger partial charge in [-0.05, 0) is 19.3 Å². The molecule has 0 spiro atoms. The Morgan fingerprint density at radius 3 is 2.90 bits per heavy atom. The van der Waals surface area contributed by atoms with Crippen LogP contribution in [0.2, 0.25) is 5.02 Å². The lowest BCUT2D eigenvalue weighted by Gasteiger charge is -2.32. The number of amides is 1. The second-order valence-electron chi connectivity index (χ2n) is 7.05. The Labute approximate surface area is 178 Å². The zero-order valence-electron chi connectivity index (χ0n) is 15.9. The SMILES string of the molecule is C=C(CCc1nnc([C@H]2C[C@@H](OC(F)(F)F)C2)o1)NC(=O)c1cn2ncc(Cl)cc2n1. The Bertz CT molecular complexity index is 1120. The molecule has 1 amide bonds. The van der Waals surface area contributed by atoms with E-state index in [0.29, 0.717) is 35.1 Å². The summed E-state index contributed by atoms with van der Waals surface area (Å²) in [7, 11) is 0. The molecule has 0 bridgehead atoms. The molecule has 1 N–H and O–H groups in total. The molecule has 3 aromatic rings. The van der Waals surface area contributed by atoms with Gasteiger partial charge in [-0.25, -0.2) is 9.50 Å². The molecule has 1 fully saturated rings. The maximum absolute atomic E-state index is 12.3. The fourth-order valence-electron chi connectivity index (χ4n) is 3.09. The van der Waals surface area contributed by atoms with Crippen molar-refractivity contribution < 1.29 is 27.1 Å². The zero-order chi connectivity index (χ0) is 22.2. The number of carbonyl (C=O) groups excluding carboxylic acids is 1. The summed E-state index contributed by atoms with van der Waals surface area (Å²) in [5, 5.41) is 14.8. The van der Waals surface area contributed by atoms with Gasteiger partial charge >= 0.3 is 6.36 Å². The van der Waals surface area contributed by atoms with Gasteiger partial charge in [-0.15, -0.1) is 23.4 Å². The number of halogens is 4. The number of ether oxygens (including phenoxy) is 1. The molecule has 164 valence electrons. The van der Waals surface area contributed by atoms with Crippen molar-refractivity contribution >= 4 is 23.2 Å². The van der Waals surface area contributed by atoms with Crippen molar-refractivity contribution in [3.05, 3.63) is 53.2 Å². The lowest BCUT2D eigenvalue weighted by atomic mass is 9.82. The van der Waals surface area contributed by atoms with Crippen molar-refractivity contribution in [1.82, 2.24) is 30.1 Å². The van der Waals surface area contributed by atoms with E-state index in [4.69, 9.17) is 16.0 Å². The molecule has 0 radical (unpaired) electrons. The Balaban J connectivity index is 1.25. The number of rotatable bonds is 7. The van der Waals surface area contributed by atoms with Crippen molar-refractivity contribution in [3.8, 4) is 0 Å². The third-order valence-corrected chi connectivity index (χ3v) is 4.88. The standard InChI is InChI=1S/C18H16ClF3N6O3/c1-9(24-16(29)13-8-28-14(25-13)6-11(19)7-23-28)2-3-15-26-27-17(30-15)10-4-12(5-10)31-18(20,21)22/h6-8,10,12H,1-5H2,(H,24,29)/t10-,12+. The Kier molecular flexibility index (Phi) is 5.67. The average molecular weight is 457 g/mol. The monoisotopic (exact) mass is 456 g/mol.